The normalized spacial score (nSPS) is 20.8. The molecule has 0 fully saturated rings. The second-order valence-corrected chi connectivity index (χ2v) is 7.86. The molecule has 106 valence electrons. The molecule has 0 aliphatic heterocycles. The number of rotatable bonds is 5. The highest BCUT2D eigenvalue weighted by atomic mass is 32.2. The van der Waals surface area contributed by atoms with Crippen molar-refractivity contribution in [2.45, 2.75) is 32.1 Å². The average Bonchev–Trinajstić information content (AvgIpc) is 2.38. The summed E-state index contributed by atoms with van der Waals surface area (Å²) in [5.74, 6) is 0.694. The molecule has 2 unspecified atom stereocenters. The van der Waals surface area contributed by atoms with Crippen LogP contribution in [0.4, 0.5) is 0 Å². The summed E-state index contributed by atoms with van der Waals surface area (Å²) in [7, 11) is -3.02. The molecule has 0 amide bonds. The fourth-order valence-electron chi connectivity index (χ4n) is 2.90. The van der Waals surface area contributed by atoms with E-state index in [9.17, 15) is 8.42 Å². The average molecular weight is 281 g/mol. The third kappa shape index (κ3) is 3.80. The lowest BCUT2D eigenvalue weighted by Gasteiger charge is -2.25. The van der Waals surface area contributed by atoms with E-state index < -0.39 is 9.84 Å². The minimum absolute atomic E-state index is 0.0452. The number of hydrogen-bond acceptors (Lipinski definition) is 3. The van der Waals surface area contributed by atoms with Crippen molar-refractivity contribution in [3.8, 4) is 0 Å². The van der Waals surface area contributed by atoms with Gasteiger partial charge in [0.25, 0.3) is 0 Å². The lowest BCUT2D eigenvalue weighted by molar-refractivity contribution is 0.546. The fraction of sp³-hybridized carbons (Fsp3) is 0.600. The number of benzene rings is 1. The third-order valence-corrected chi connectivity index (χ3v) is 5.88. The second-order valence-electron chi connectivity index (χ2n) is 5.71. The quantitative estimate of drug-likeness (QED) is 0.899. The molecule has 2 rings (SSSR count). The number of fused-ring (bicyclic) bond motifs is 1. The molecule has 3 nitrogen and oxygen atoms in total. The molecule has 0 saturated heterocycles. The Kier molecular flexibility index (Phi) is 4.63. The Balaban J connectivity index is 2.12. The Morgan fingerprint density at radius 3 is 2.84 bits per heavy atom. The molecule has 0 saturated carbocycles. The van der Waals surface area contributed by atoms with Crippen molar-refractivity contribution in [2.24, 2.45) is 11.7 Å². The standard InChI is InChI=1S/C15H23NO2S/c1-12(9-16)10-19(17,18)11-14-7-4-6-13-5-2-3-8-15(13)14/h2-3,5,8,12,14H,4,6-7,9-11,16H2,1H3. The van der Waals surface area contributed by atoms with Crippen LogP contribution in [0.2, 0.25) is 0 Å². The van der Waals surface area contributed by atoms with Gasteiger partial charge in [0.2, 0.25) is 0 Å². The van der Waals surface area contributed by atoms with Crippen LogP contribution in [0.25, 0.3) is 0 Å². The van der Waals surface area contributed by atoms with Gasteiger partial charge in [0.1, 0.15) is 0 Å². The summed E-state index contributed by atoms with van der Waals surface area (Å²) in [5, 5.41) is 0. The van der Waals surface area contributed by atoms with E-state index in [0.29, 0.717) is 6.54 Å². The van der Waals surface area contributed by atoms with Crippen LogP contribution in [0.1, 0.15) is 36.8 Å². The van der Waals surface area contributed by atoms with Gasteiger partial charge in [-0.25, -0.2) is 8.42 Å². The highest BCUT2D eigenvalue weighted by Crippen LogP contribution is 2.32. The first-order valence-corrected chi connectivity index (χ1v) is 8.82. The van der Waals surface area contributed by atoms with Crippen molar-refractivity contribution in [1.29, 1.82) is 0 Å². The summed E-state index contributed by atoms with van der Waals surface area (Å²) in [4.78, 5) is 0. The van der Waals surface area contributed by atoms with Gasteiger partial charge in [-0.05, 0) is 48.8 Å². The highest BCUT2D eigenvalue weighted by molar-refractivity contribution is 7.91. The molecule has 2 N–H and O–H groups in total. The van der Waals surface area contributed by atoms with Crippen LogP contribution in [0, 0.1) is 5.92 Å². The van der Waals surface area contributed by atoms with Gasteiger partial charge in [0.05, 0.1) is 11.5 Å². The van der Waals surface area contributed by atoms with Crippen molar-refractivity contribution in [3.63, 3.8) is 0 Å². The van der Waals surface area contributed by atoms with E-state index in [4.69, 9.17) is 5.73 Å². The van der Waals surface area contributed by atoms with Gasteiger partial charge < -0.3 is 5.73 Å². The number of aryl methyl sites for hydroxylation is 1. The second kappa shape index (κ2) is 6.06. The topological polar surface area (TPSA) is 60.2 Å². The molecular formula is C15H23NO2S. The van der Waals surface area contributed by atoms with E-state index in [2.05, 4.69) is 12.1 Å². The van der Waals surface area contributed by atoms with Gasteiger partial charge in [0, 0.05) is 0 Å². The van der Waals surface area contributed by atoms with Gasteiger partial charge >= 0.3 is 0 Å². The molecule has 4 heteroatoms. The molecule has 0 spiro atoms. The Hall–Kier alpha value is -0.870. The van der Waals surface area contributed by atoms with E-state index in [1.165, 1.54) is 11.1 Å². The Morgan fingerprint density at radius 1 is 1.37 bits per heavy atom. The lowest BCUT2D eigenvalue weighted by Crippen LogP contribution is -2.26. The van der Waals surface area contributed by atoms with Gasteiger partial charge in [-0.2, -0.15) is 0 Å². The van der Waals surface area contributed by atoms with Crippen LogP contribution in [-0.2, 0) is 16.3 Å². The molecule has 2 atom stereocenters. The maximum atomic E-state index is 12.2. The van der Waals surface area contributed by atoms with Gasteiger partial charge in [-0.3, -0.25) is 0 Å². The third-order valence-electron chi connectivity index (χ3n) is 3.89. The highest BCUT2D eigenvalue weighted by Gasteiger charge is 2.26. The Labute approximate surface area is 116 Å². The Morgan fingerprint density at radius 2 is 2.11 bits per heavy atom. The molecule has 0 aromatic heterocycles. The van der Waals surface area contributed by atoms with Crippen molar-refractivity contribution < 1.29 is 8.42 Å². The number of sulfone groups is 1. The first-order chi connectivity index (χ1) is 9.02. The molecule has 1 aromatic rings. The molecule has 1 aromatic carbocycles. The predicted octanol–water partition coefficient (Wildman–Crippen LogP) is 2.12. The molecule has 0 radical (unpaired) electrons. The smallest absolute Gasteiger partial charge is 0.151 e. The molecular weight excluding hydrogens is 258 g/mol. The monoisotopic (exact) mass is 281 g/mol. The summed E-state index contributed by atoms with van der Waals surface area (Å²) in [6.07, 6.45) is 3.14. The first-order valence-electron chi connectivity index (χ1n) is 7.00. The largest absolute Gasteiger partial charge is 0.330 e. The van der Waals surface area contributed by atoms with Crippen LogP contribution in [-0.4, -0.2) is 26.5 Å². The zero-order chi connectivity index (χ0) is 13.9. The summed E-state index contributed by atoms with van der Waals surface area (Å²) in [6.45, 7) is 2.33. The van der Waals surface area contributed by atoms with E-state index in [0.717, 1.165) is 19.3 Å². The zero-order valence-corrected chi connectivity index (χ0v) is 12.3. The van der Waals surface area contributed by atoms with Crippen LogP contribution >= 0.6 is 0 Å². The summed E-state index contributed by atoms with van der Waals surface area (Å²) in [5.41, 5.74) is 8.08. The molecule has 0 heterocycles. The molecule has 0 bridgehead atoms. The van der Waals surface area contributed by atoms with E-state index in [-0.39, 0.29) is 23.3 Å². The fourth-order valence-corrected chi connectivity index (χ4v) is 5.00. The molecule has 1 aliphatic carbocycles. The SMILES string of the molecule is CC(CN)CS(=O)(=O)CC1CCCc2ccccc21. The van der Waals surface area contributed by atoms with Crippen molar-refractivity contribution in [3.05, 3.63) is 35.4 Å². The van der Waals surface area contributed by atoms with E-state index >= 15 is 0 Å². The van der Waals surface area contributed by atoms with E-state index in [1.807, 2.05) is 19.1 Å². The maximum absolute atomic E-state index is 12.2. The lowest BCUT2D eigenvalue weighted by atomic mass is 9.84. The minimum atomic E-state index is -3.02. The van der Waals surface area contributed by atoms with Crippen LogP contribution < -0.4 is 5.73 Å². The van der Waals surface area contributed by atoms with Crippen molar-refractivity contribution in [1.82, 2.24) is 0 Å². The van der Waals surface area contributed by atoms with Crippen molar-refractivity contribution >= 4 is 9.84 Å². The van der Waals surface area contributed by atoms with Gasteiger partial charge in [-0.15, -0.1) is 0 Å². The summed E-state index contributed by atoms with van der Waals surface area (Å²) in [6, 6.07) is 8.25. The summed E-state index contributed by atoms with van der Waals surface area (Å²) < 4.78 is 24.4. The predicted molar refractivity (Wildman–Crippen MR) is 79.0 cm³/mol. The number of nitrogens with two attached hydrogens (primary N) is 1. The molecule has 19 heavy (non-hydrogen) atoms. The number of hydrogen-bond donors (Lipinski definition) is 1. The van der Waals surface area contributed by atoms with E-state index in [1.54, 1.807) is 0 Å². The first kappa shape index (κ1) is 14.5. The maximum Gasteiger partial charge on any atom is 0.151 e. The van der Waals surface area contributed by atoms with Crippen LogP contribution in [0.3, 0.4) is 0 Å². The van der Waals surface area contributed by atoms with Crippen LogP contribution in [0.15, 0.2) is 24.3 Å². The summed E-state index contributed by atoms with van der Waals surface area (Å²) >= 11 is 0. The van der Waals surface area contributed by atoms with Crippen molar-refractivity contribution in [2.75, 3.05) is 18.1 Å². The zero-order valence-electron chi connectivity index (χ0n) is 11.5. The molecule has 1 aliphatic rings. The van der Waals surface area contributed by atoms with Crippen LogP contribution in [0.5, 0.6) is 0 Å². The minimum Gasteiger partial charge on any atom is -0.330 e. The Bertz CT molecular complexity index is 525. The van der Waals surface area contributed by atoms with Gasteiger partial charge in [0.15, 0.2) is 9.84 Å². The van der Waals surface area contributed by atoms with Gasteiger partial charge in [-0.1, -0.05) is 31.2 Å².